The van der Waals surface area contributed by atoms with Crippen molar-refractivity contribution in [3.05, 3.63) is 52.0 Å². The summed E-state index contributed by atoms with van der Waals surface area (Å²) < 4.78 is 5.97. The summed E-state index contributed by atoms with van der Waals surface area (Å²) in [6.07, 6.45) is 0. The average molecular weight is 380 g/mol. The summed E-state index contributed by atoms with van der Waals surface area (Å²) in [5.41, 5.74) is 1.81. The van der Waals surface area contributed by atoms with E-state index in [9.17, 15) is 4.79 Å². The quantitative estimate of drug-likeness (QED) is 0.838. The molecular weight excluding hydrogens is 361 g/mol. The van der Waals surface area contributed by atoms with Crippen LogP contribution in [-0.4, -0.2) is 38.1 Å². The first-order valence-corrected chi connectivity index (χ1v) is 8.68. The number of benzene rings is 2. The van der Waals surface area contributed by atoms with Crippen LogP contribution in [0.3, 0.4) is 0 Å². The first-order chi connectivity index (χ1) is 12.0. The Morgan fingerprint density at radius 2 is 1.92 bits per heavy atom. The lowest BCUT2D eigenvalue weighted by molar-refractivity contribution is 0.229. The summed E-state index contributed by atoms with van der Waals surface area (Å²) in [5, 5.41) is 4.05. The molecule has 7 heteroatoms. The predicted molar refractivity (Wildman–Crippen MR) is 101 cm³/mol. The Balaban J connectivity index is 1.89. The van der Waals surface area contributed by atoms with Gasteiger partial charge in [0.25, 0.3) is 0 Å². The van der Waals surface area contributed by atoms with E-state index in [4.69, 9.17) is 27.9 Å². The van der Waals surface area contributed by atoms with Gasteiger partial charge in [0, 0.05) is 44.0 Å². The molecule has 0 radical (unpaired) electrons. The van der Waals surface area contributed by atoms with E-state index >= 15 is 0 Å². The first kappa shape index (κ1) is 17.9. The predicted octanol–water partition coefficient (Wildman–Crippen LogP) is 4.38. The molecule has 1 saturated heterocycles. The van der Waals surface area contributed by atoms with E-state index in [-0.39, 0.29) is 6.03 Å². The second-order valence-electron chi connectivity index (χ2n) is 5.86. The average Bonchev–Trinajstić information content (AvgIpc) is 2.92. The Kier molecular flexibility index (Phi) is 5.37. The van der Waals surface area contributed by atoms with Crippen LogP contribution in [0.25, 0.3) is 0 Å². The molecule has 2 aromatic rings. The molecule has 0 saturated carbocycles. The minimum Gasteiger partial charge on any atom is -0.457 e. The second-order valence-corrected chi connectivity index (χ2v) is 6.67. The van der Waals surface area contributed by atoms with Gasteiger partial charge < -0.3 is 15.0 Å². The van der Waals surface area contributed by atoms with Crippen LogP contribution in [0.5, 0.6) is 11.5 Å². The molecule has 0 aliphatic carbocycles. The topological polar surface area (TPSA) is 44.8 Å². The van der Waals surface area contributed by atoms with E-state index in [1.165, 1.54) is 0 Å². The summed E-state index contributed by atoms with van der Waals surface area (Å²) in [6.45, 7) is 2.02. The molecular formula is C18H19Cl2N3O2. The number of carbonyl (C=O) groups excluding carboxylic acids is 1. The van der Waals surface area contributed by atoms with Crippen molar-refractivity contribution >= 4 is 34.9 Å². The van der Waals surface area contributed by atoms with Gasteiger partial charge in [0.15, 0.2) is 0 Å². The third-order valence-corrected chi connectivity index (χ3v) is 4.80. The number of amides is 2. The highest BCUT2D eigenvalue weighted by atomic mass is 35.5. The van der Waals surface area contributed by atoms with E-state index < -0.39 is 0 Å². The highest BCUT2D eigenvalue weighted by Crippen LogP contribution is 2.33. The molecule has 2 aromatic carbocycles. The lowest BCUT2D eigenvalue weighted by Gasteiger charge is -2.19. The number of hydrogen-bond donors (Lipinski definition) is 1. The fraction of sp³-hybridized carbons (Fsp3) is 0.278. The van der Waals surface area contributed by atoms with Crippen molar-refractivity contribution in [1.82, 2.24) is 10.2 Å². The highest BCUT2D eigenvalue weighted by Gasteiger charge is 2.27. The number of likely N-dealkylation sites (N-methyl/N-ethyl adjacent to an activating group) is 1. The zero-order valence-corrected chi connectivity index (χ0v) is 15.6. The van der Waals surface area contributed by atoms with Crippen molar-refractivity contribution in [3.8, 4) is 11.5 Å². The molecule has 25 heavy (non-hydrogen) atoms. The van der Waals surface area contributed by atoms with Crippen LogP contribution in [-0.2, 0) is 6.54 Å². The van der Waals surface area contributed by atoms with Crippen molar-refractivity contribution in [3.63, 3.8) is 0 Å². The molecule has 1 aliphatic rings. The number of ether oxygens (including phenoxy) is 1. The van der Waals surface area contributed by atoms with Gasteiger partial charge in [0.1, 0.15) is 11.5 Å². The van der Waals surface area contributed by atoms with Crippen LogP contribution in [0.15, 0.2) is 36.4 Å². The summed E-state index contributed by atoms with van der Waals surface area (Å²) in [6, 6.07) is 10.9. The van der Waals surface area contributed by atoms with Crippen molar-refractivity contribution in [2.75, 3.05) is 32.1 Å². The van der Waals surface area contributed by atoms with Crippen LogP contribution < -0.4 is 15.0 Å². The van der Waals surface area contributed by atoms with Crippen molar-refractivity contribution < 1.29 is 9.53 Å². The molecule has 132 valence electrons. The third kappa shape index (κ3) is 3.84. The number of halogens is 2. The van der Waals surface area contributed by atoms with Gasteiger partial charge in [-0.25, -0.2) is 4.79 Å². The van der Waals surface area contributed by atoms with Gasteiger partial charge in [-0.2, -0.15) is 0 Å². The first-order valence-electron chi connectivity index (χ1n) is 7.92. The van der Waals surface area contributed by atoms with Crippen molar-refractivity contribution in [2.45, 2.75) is 6.54 Å². The van der Waals surface area contributed by atoms with E-state index in [0.29, 0.717) is 34.6 Å². The highest BCUT2D eigenvalue weighted by molar-refractivity contribution is 6.42. The molecule has 5 nitrogen and oxygen atoms in total. The molecule has 1 aliphatic heterocycles. The number of urea groups is 1. The Bertz CT molecular complexity index is 798. The third-order valence-electron chi connectivity index (χ3n) is 4.06. The summed E-state index contributed by atoms with van der Waals surface area (Å²) >= 11 is 12.0. The van der Waals surface area contributed by atoms with Crippen LogP contribution >= 0.6 is 23.2 Å². The van der Waals surface area contributed by atoms with Crippen molar-refractivity contribution in [1.29, 1.82) is 0 Å². The minimum absolute atomic E-state index is 0.00793. The van der Waals surface area contributed by atoms with Crippen LogP contribution in [0.4, 0.5) is 10.5 Å². The lowest BCUT2D eigenvalue weighted by atomic mass is 10.1. The molecule has 1 fully saturated rings. The number of carbonyl (C=O) groups is 1. The summed E-state index contributed by atoms with van der Waals surface area (Å²) in [4.78, 5) is 15.7. The molecule has 2 amide bonds. The van der Waals surface area contributed by atoms with Crippen LogP contribution in [0.2, 0.25) is 10.0 Å². The van der Waals surface area contributed by atoms with Gasteiger partial charge in [0.05, 0.1) is 10.0 Å². The van der Waals surface area contributed by atoms with Crippen molar-refractivity contribution in [2.24, 2.45) is 0 Å². The maximum atomic E-state index is 12.2. The van der Waals surface area contributed by atoms with E-state index in [1.807, 2.05) is 25.2 Å². The van der Waals surface area contributed by atoms with Gasteiger partial charge in [-0.3, -0.25) is 4.90 Å². The Morgan fingerprint density at radius 3 is 2.56 bits per heavy atom. The maximum Gasteiger partial charge on any atom is 0.324 e. The second kappa shape index (κ2) is 7.52. The fourth-order valence-electron chi connectivity index (χ4n) is 2.72. The zero-order valence-electron chi connectivity index (χ0n) is 14.1. The summed E-state index contributed by atoms with van der Waals surface area (Å²) in [5.74, 6) is 1.31. The number of nitrogens with zero attached hydrogens (tertiary/aromatic N) is 2. The Hall–Kier alpha value is -1.95. The van der Waals surface area contributed by atoms with Gasteiger partial charge in [0.2, 0.25) is 0 Å². The molecule has 1 N–H and O–H groups in total. The van der Waals surface area contributed by atoms with E-state index in [1.54, 1.807) is 35.0 Å². The number of nitrogens with one attached hydrogen (secondary N) is 1. The summed E-state index contributed by atoms with van der Waals surface area (Å²) in [7, 11) is 3.67. The zero-order chi connectivity index (χ0) is 18.0. The Labute approximate surface area is 157 Å². The molecule has 0 aromatic heterocycles. The lowest BCUT2D eigenvalue weighted by Crippen LogP contribution is -2.29. The van der Waals surface area contributed by atoms with Gasteiger partial charge in [-0.15, -0.1) is 0 Å². The SMILES string of the molecule is CNCc1cc(N2CCN(C)C2=O)ccc1Oc1ccc(Cl)c(Cl)c1. The minimum atomic E-state index is 0.00793. The van der Waals surface area contributed by atoms with Gasteiger partial charge in [-0.1, -0.05) is 23.2 Å². The molecule has 3 rings (SSSR count). The van der Waals surface area contributed by atoms with Crippen LogP contribution in [0, 0.1) is 0 Å². The molecule has 0 atom stereocenters. The normalized spacial score (nSPS) is 14.3. The largest absolute Gasteiger partial charge is 0.457 e. The molecule has 0 spiro atoms. The Morgan fingerprint density at radius 1 is 1.12 bits per heavy atom. The molecule has 1 heterocycles. The number of hydrogen-bond acceptors (Lipinski definition) is 3. The van der Waals surface area contributed by atoms with Gasteiger partial charge >= 0.3 is 6.03 Å². The standard InChI is InChI=1S/C18H19Cl2N3O2/c1-21-11-12-9-13(23-8-7-22(2)18(23)24)3-6-17(12)25-14-4-5-15(19)16(20)10-14/h3-6,9-10,21H,7-8,11H2,1-2H3. The van der Waals surface area contributed by atoms with Crippen LogP contribution in [0.1, 0.15) is 5.56 Å². The fourth-order valence-corrected chi connectivity index (χ4v) is 3.00. The monoisotopic (exact) mass is 379 g/mol. The maximum absolute atomic E-state index is 12.2. The molecule has 0 bridgehead atoms. The molecule has 0 unspecified atom stereocenters. The number of rotatable bonds is 5. The smallest absolute Gasteiger partial charge is 0.324 e. The van der Waals surface area contributed by atoms with E-state index in [2.05, 4.69) is 5.32 Å². The number of anilines is 1. The van der Waals surface area contributed by atoms with E-state index in [0.717, 1.165) is 17.8 Å². The van der Waals surface area contributed by atoms with Gasteiger partial charge in [-0.05, 0) is 37.4 Å².